The Morgan fingerprint density at radius 1 is 1.14 bits per heavy atom. The first-order chi connectivity index (χ1) is 14.0. The molecule has 0 unspecified atom stereocenters. The maximum atomic E-state index is 12.4. The summed E-state index contributed by atoms with van der Waals surface area (Å²) in [4.78, 5) is 36.4. The van der Waals surface area contributed by atoms with Gasteiger partial charge < -0.3 is 20.5 Å². The van der Waals surface area contributed by atoms with Gasteiger partial charge in [0.1, 0.15) is 0 Å². The standard InChI is InChI=1S/C21H22N2O5S/c22-20(25)14-7-9-15(10-8-14)23-19(24)12-28-21(26)17-5-1-2-6-18(17)29-13-16-4-3-11-27-16/h1-2,5-10,16H,3-4,11-13H2,(H2,22,25)(H,23,24)/t16-/m0/s1. The topological polar surface area (TPSA) is 108 Å². The van der Waals surface area contributed by atoms with Gasteiger partial charge in [0.05, 0.1) is 11.7 Å². The minimum absolute atomic E-state index is 0.204. The zero-order chi connectivity index (χ0) is 20.6. The third-order valence-corrected chi connectivity index (χ3v) is 5.55. The van der Waals surface area contributed by atoms with E-state index >= 15 is 0 Å². The van der Waals surface area contributed by atoms with E-state index < -0.39 is 24.4 Å². The van der Waals surface area contributed by atoms with Gasteiger partial charge in [0.25, 0.3) is 5.91 Å². The first-order valence-electron chi connectivity index (χ1n) is 9.23. The number of hydrogen-bond donors (Lipinski definition) is 2. The summed E-state index contributed by atoms with van der Waals surface area (Å²) in [5.74, 6) is -0.811. The molecule has 7 nitrogen and oxygen atoms in total. The molecule has 0 spiro atoms. The fourth-order valence-corrected chi connectivity index (χ4v) is 3.95. The van der Waals surface area contributed by atoms with Gasteiger partial charge in [0.2, 0.25) is 5.91 Å². The first-order valence-corrected chi connectivity index (χ1v) is 10.2. The van der Waals surface area contributed by atoms with Crippen molar-refractivity contribution in [2.24, 2.45) is 5.73 Å². The number of amides is 2. The van der Waals surface area contributed by atoms with Crippen molar-refractivity contribution < 1.29 is 23.9 Å². The van der Waals surface area contributed by atoms with Crippen LogP contribution in [0, 0.1) is 0 Å². The summed E-state index contributed by atoms with van der Waals surface area (Å²) in [7, 11) is 0. The van der Waals surface area contributed by atoms with Crippen LogP contribution >= 0.6 is 11.8 Å². The quantitative estimate of drug-likeness (QED) is 0.508. The number of nitrogens with one attached hydrogen (secondary N) is 1. The lowest BCUT2D eigenvalue weighted by atomic mass is 10.2. The Balaban J connectivity index is 1.52. The van der Waals surface area contributed by atoms with Crippen LogP contribution in [0.15, 0.2) is 53.4 Å². The normalized spacial score (nSPS) is 15.7. The minimum atomic E-state index is -0.556. The molecule has 1 heterocycles. The van der Waals surface area contributed by atoms with Crippen molar-refractivity contribution in [3.05, 3.63) is 59.7 Å². The number of nitrogens with two attached hydrogens (primary N) is 1. The molecule has 29 heavy (non-hydrogen) atoms. The molecule has 1 aliphatic rings. The lowest BCUT2D eigenvalue weighted by Gasteiger charge is -2.12. The number of anilines is 1. The molecule has 0 radical (unpaired) electrons. The fourth-order valence-electron chi connectivity index (χ4n) is 2.84. The summed E-state index contributed by atoms with van der Waals surface area (Å²) < 4.78 is 10.8. The SMILES string of the molecule is NC(=O)c1ccc(NC(=O)COC(=O)c2ccccc2SC[C@@H]2CCCO2)cc1. The molecule has 1 atom stereocenters. The van der Waals surface area contributed by atoms with Gasteiger partial charge >= 0.3 is 5.97 Å². The largest absolute Gasteiger partial charge is 0.452 e. The summed E-state index contributed by atoms with van der Waals surface area (Å²) in [6, 6.07) is 13.3. The molecule has 0 aliphatic carbocycles. The number of carbonyl (C=O) groups excluding carboxylic acids is 3. The number of thioether (sulfide) groups is 1. The van der Waals surface area contributed by atoms with Crippen LogP contribution in [0.2, 0.25) is 0 Å². The van der Waals surface area contributed by atoms with E-state index in [1.165, 1.54) is 12.1 Å². The van der Waals surface area contributed by atoms with E-state index in [-0.39, 0.29) is 6.10 Å². The van der Waals surface area contributed by atoms with Crippen molar-refractivity contribution in [3.63, 3.8) is 0 Å². The lowest BCUT2D eigenvalue weighted by Crippen LogP contribution is -2.21. The summed E-state index contributed by atoms with van der Waals surface area (Å²) in [6.07, 6.45) is 2.30. The highest BCUT2D eigenvalue weighted by Crippen LogP contribution is 2.27. The highest BCUT2D eigenvalue weighted by Gasteiger charge is 2.19. The maximum absolute atomic E-state index is 12.4. The van der Waals surface area contributed by atoms with Gasteiger partial charge in [-0.15, -0.1) is 11.8 Å². The van der Waals surface area contributed by atoms with Crippen LogP contribution < -0.4 is 11.1 Å². The van der Waals surface area contributed by atoms with E-state index in [4.69, 9.17) is 15.2 Å². The van der Waals surface area contributed by atoms with Gasteiger partial charge in [0, 0.05) is 28.5 Å². The summed E-state index contributed by atoms with van der Waals surface area (Å²) in [5.41, 5.74) is 6.42. The monoisotopic (exact) mass is 414 g/mol. The number of carbonyl (C=O) groups is 3. The average molecular weight is 414 g/mol. The van der Waals surface area contributed by atoms with E-state index in [2.05, 4.69) is 5.32 Å². The third-order valence-electron chi connectivity index (χ3n) is 4.34. The molecule has 0 saturated carbocycles. The molecule has 0 aromatic heterocycles. The zero-order valence-electron chi connectivity index (χ0n) is 15.8. The van der Waals surface area contributed by atoms with Crippen molar-refractivity contribution >= 4 is 35.2 Å². The zero-order valence-corrected chi connectivity index (χ0v) is 16.6. The molecule has 2 aromatic rings. The Morgan fingerprint density at radius 2 is 1.90 bits per heavy atom. The van der Waals surface area contributed by atoms with E-state index in [1.54, 1.807) is 36.0 Å². The summed E-state index contributed by atoms with van der Waals surface area (Å²) in [6.45, 7) is 0.371. The third kappa shape index (κ3) is 6.07. The molecule has 1 fully saturated rings. The summed E-state index contributed by atoms with van der Waals surface area (Å²) >= 11 is 1.55. The molecule has 3 rings (SSSR count). The maximum Gasteiger partial charge on any atom is 0.339 e. The molecule has 1 aliphatic heterocycles. The van der Waals surface area contributed by atoms with Gasteiger partial charge in [-0.25, -0.2) is 4.79 Å². The van der Waals surface area contributed by atoms with E-state index in [0.717, 1.165) is 30.1 Å². The Bertz CT molecular complexity index is 879. The van der Waals surface area contributed by atoms with Crippen molar-refractivity contribution in [1.29, 1.82) is 0 Å². The highest BCUT2D eigenvalue weighted by atomic mass is 32.2. The van der Waals surface area contributed by atoms with Crippen molar-refractivity contribution in [2.45, 2.75) is 23.8 Å². The van der Waals surface area contributed by atoms with Crippen molar-refractivity contribution in [2.75, 3.05) is 24.3 Å². The Kier molecular flexibility index (Phi) is 7.26. The molecule has 2 aromatic carbocycles. The van der Waals surface area contributed by atoms with Crippen LogP contribution in [-0.4, -0.2) is 42.9 Å². The number of rotatable bonds is 8. The molecule has 8 heteroatoms. The van der Waals surface area contributed by atoms with E-state index in [9.17, 15) is 14.4 Å². The van der Waals surface area contributed by atoms with Crippen molar-refractivity contribution in [3.8, 4) is 0 Å². The second-order valence-corrected chi connectivity index (χ2v) is 7.57. The molecular weight excluding hydrogens is 392 g/mol. The van der Waals surface area contributed by atoms with E-state index in [1.807, 2.05) is 12.1 Å². The highest BCUT2D eigenvalue weighted by molar-refractivity contribution is 7.99. The van der Waals surface area contributed by atoms with Gasteiger partial charge in [-0.05, 0) is 49.2 Å². The molecule has 3 N–H and O–H groups in total. The van der Waals surface area contributed by atoms with Crippen molar-refractivity contribution in [1.82, 2.24) is 0 Å². The number of ether oxygens (including phenoxy) is 2. The van der Waals surface area contributed by atoms with Crippen LogP contribution in [0.5, 0.6) is 0 Å². The summed E-state index contributed by atoms with van der Waals surface area (Å²) in [5, 5.41) is 2.60. The Morgan fingerprint density at radius 3 is 2.59 bits per heavy atom. The Labute approximate surface area is 172 Å². The smallest absolute Gasteiger partial charge is 0.339 e. The number of hydrogen-bond acceptors (Lipinski definition) is 6. The fraction of sp³-hybridized carbons (Fsp3) is 0.286. The molecule has 2 amide bonds. The minimum Gasteiger partial charge on any atom is -0.452 e. The predicted octanol–water partition coefficient (Wildman–Crippen LogP) is 2.85. The number of esters is 1. The van der Waals surface area contributed by atoms with Gasteiger partial charge in [-0.2, -0.15) is 0 Å². The lowest BCUT2D eigenvalue weighted by molar-refractivity contribution is -0.119. The average Bonchev–Trinajstić information content (AvgIpc) is 3.25. The molecule has 1 saturated heterocycles. The Hall–Kier alpha value is -2.84. The van der Waals surface area contributed by atoms with Crippen LogP contribution in [-0.2, 0) is 14.3 Å². The van der Waals surface area contributed by atoms with Gasteiger partial charge in [-0.1, -0.05) is 12.1 Å². The number of primary amides is 1. The van der Waals surface area contributed by atoms with Crippen LogP contribution in [0.1, 0.15) is 33.6 Å². The molecule has 0 bridgehead atoms. The second kappa shape index (κ2) is 10.1. The van der Waals surface area contributed by atoms with Crippen LogP contribution in [0.3, 0.4) is 0 Å². The molecule has 152 valence electrons. The van der Waals surface area contributed by atoms with Gasteiger partial charge in [-0.3, -0.25) is 9.59 Å². The molecular formula is C21H22N2O5S. The van der Waals surface area contributed by atoms with Crippen LogP contribution in [0.25, 0.3) is 0 Å². The van der Waals surface area contributed by atoms with Gasteiger partial charge in [0.15, 0.2) is 6.61 Å². The first kappa shape index (κ1) is 20.9. The number of benzene rings is 2. The predicted molar refractivity (Wildman–Crippen MR) is 110 cm³/mol. The van der Waals surface area contributed by atoms with E-state index in [0.29, 0.717) is 16.8 Å². The van der Waals surface area contributed by atoms with Crippen LogP contribution in [0.4, 0.5) is 5.69 Å². The second-order valence-electron chi connectivity index (χ2n) is 6.51.